The second-order valence-electron chi connectivity index (χ2n) is 6.39. The summed E-state index contributed by atoms with van der Waals surface area (Å²) in [6.45, 7) is 4.05. The van der Waals surface area contributed by atoms with Crippen LogP contribution in [0.4, 0.5) is 0 Å². The molecule has 3 fully saturated rings. The SMILES string of the molecule is O=C(CN1CCC[C@@H]1c1noc(C2CC2)n1)N1CCOCC1. The van der Waals surface area contributed by atoms with Gasteiger partial charge in [-0.25, -0.2) is 0 Å². The molecule has 1 aliphatic carbocycles. The lowest BCUT2D eigenvalue weighted by Gasteiger charge is -2.30. The summed E-state index contributed by atoms with van der Waals surface area (Å²) in [5, 5.41) is 4.16. The van der Waals surface area contributed by atoms with Gasteiger partial charge in [0.15, 0.2) is 5.82 Å². The van der Waals surface area contributed by atoms with Crippen LogP contribution in [0.3, 0.4) is 0 Å². The second kappa shape index (κ2) is 5.96. The Balaban J connectivity index is 1.40. The van der Waals surface area contributed by atoms with E-state index in [4.69, 9.17) is 9.26 Å². The standard InChI is InChI=1S/C15H22N4O3/c20-13(18-6-8-21-9-7-18)10-19-5-1-2-12(19)14-16-15(22-17-14)11-3-4-11/h11-12H,1-10H2/t12-/m1/s1. The Morgan fingerprint density at radius 2 is 2.00 bits per heavy atom. The number of carbonyl (C=O) groups excluding carboxylic acids is 1. The van der Waals surface area contributed by atoms with Crippen molar-refractivity contribution in [2.75, 3.05) is 39.4 Å². The Morgan fingerprint density at radius 3 is 2.77 bits per heavy atom. The maximum atomic E-state index is 12.4. The van der Waals surface area contributed by atoms with Crippen molar-refractivity contribution >= 4 is 5.91 Å². The number of morpholine rings is 1. The average Bonchev–Trinajstić information content (AvgIpc) is 3.10. The highest BCUT2D eigenvalue weighted by Gasteiger charge is 2.35. The van der Waals surface area contributed by atoms with Crippen molar-refractivity contribution in [3.05, 3.63) is 11.7 Å². The second-order valence-corrected chi connectivity index (χ2v) is 6.39. The molecule has 3 heterocycles. The topological polar surface area (TPSA) is 71.7 Å². The summed E-state index contributed by atoms with van der Waals surface area (Å²) in [5.41, 5.74) is 0. The van der Waals surface area contributed by atoms with Gasteiger partial charge in [-0.15, -0.1) is 0 Å². The molecule has 22 heavy (non-hydrogen) atoms. The Labute approximate surface area is 129 Å². The Hall–Kier alpha value is -1.47. The fraction of sp³-hybridized carbons (Fsp3) is 0.800. The molecule has 4 rings (SSSR count). The molecule has 1 saturated carbocycles. The monoisotopic (exact) mass is 306 g/mol. The van der Waals surface area contributed by atoms with E-state index in [0.29, 0.717) is 38.8 Å². The molecular weight excluding hydrogens is 284 g/mol. The molecule has 7 nitrogen and oxygen atoms in total. The van der Waals surface area contributed by atoms with Crippen molar-refractivity contribution in [1.82, 2.24) is 19.9 Å². The zero-order valence-electron chi connectivity index (χ0n) is 12.7. The van der Waals surface area contributed by atoms with Gasteiger partial charge < -0.3 is 14.2 Å². The third-order valence-corrected chi connectivity index (χ3v) is 4.75. The van der Waals surface area contributed by atoms with E-state index in [1.165, 1.54) is 0 Å². The van der Waals surface area contributed by atoms with Gasteiger partial charge in [0.25, 0.3) is 0 Å². The summed E-state index contributed by atoms with van der Waals surface area (Å²) in [7, 11) is 0. The average molecular weight is 306 g/mol. The summed E-state index contributed by atoms with van der Waals surface area (Å²) >= 11 is 0. The van der Waals surface area contributed by atoms with Crippen LogP contribution in [0.25, 0.3) is 0 Å². The molecule has 0 aromatic carbocycles. The maximum absolute atomic E-state index is 12.4. The minimum Gasteiger partial charge on any atom is -0.378 e. The number of rotatable bonds is 4. The normalized spacial score (nSPS) is 26.5. The molecular formula is C15H22N4O3. The van der Waals surface area contributed by atoms with Gasteiger partial charge in [-0.05, 0) is 32.2 Å². The van der Waals surface area contributed by atoms with Crippen LogP contribution in [-0.2, 0) is 9.53 Å². The first-order valence-corrected chi connectivity index (χ1v) is 8.24. The predicted molar refractivity (Wildman–Crippen MR) is 77.2 cm³/mol. The summed E-state index contributed by atoms with van der Waals surface area (Å²) in [6.07, 6.45) is 4.39. The minimum absolute atomic E-state index is 0.126. The van der Waals surface area contributed by atoms with Gasteiger partial charge in [0.2, 0.25) is 11.8 Å². The molecule has 2 saturated heterocycles. The van der Waals surface area contributed by atoms with E-state index in [-0.39, 0.29) is 11.9 Å². The lowest BCUT2D eigenvalue weighted by molar-refractivity contribution is -0.136. The molecule has 2 aliphatic heterocycles. The first kappa shape index (κ1) is 14.1. The number of aromatic nitrogens is 2. The summed E-state index contributed by atoms with van der Waals surface area (Å²) in [6, 6.07) is 0.126. The van der Waals surface area contributed by atoms with Crippen LogP contribution >= 0.6 is 0 Å². The molecule has 0 radical (unpaired) electrons. The van der Waals surface area contributed by atoms with Crippen molar-refractivity contribution in [2.24, 2.45) is 0 Å². The van der Waals surface area contributed by atoms with Gasteiger partial charge in [0.1, 0.15) is 0 Å². The lowest BCUT2D eigenvalue weighted by Crippen LogP contribution is -2.45. The zero-order chi connectivity index (χ0) is 14.9. The molecule has 0 bridgehead atoms. The van der Waals surface area contributed by atoms with Crippen LogP contribution in [0.2, 0.25) is 0 Å². The largest absolute Gasteiger partial charge is 0.378 e. The molecule has 120 valence electrons. The zero-order valence-corrected chi connectivity index (χ0v) is 12.7. The van der Waals surface area contributed by atoms with E-state index in [1.807, 2.05) is 4.90 Å². The van der Waals surface area contributed by atoms with Gasteiger partial charge in [-0.2, -0.15) is 4.98 Å². The van der Waals surface area contributed by atoms with Crippen molar-refractivity contribution in [1.29, 1.82) is 0 Å². The fourth-order valence-corrected chi connectivity index (χ4v) is 3.27. The Kier molecular flexibility index (Phi) is 3.83. The van der Waals surface area contributed by atoms with Crippen molar-refractivity contribution in [3.8, 4) is 0 Å². The Bertz CT molecular complexity index is 537. The maximum Gasteiger partial charge on any atom is 0.236 e. The number of nitrogens with zero attached hydrogens (tertiary/aromatic N) is 4. The molecule has 1 amide bonds. The first-order valence-electron chi connectivity index (χ1n) is 8.24. The van der Waals surface area contributed by atoms with Crippen LogP contribution in [0.1, 0.15) is 49.4 Å². The van der Waals surface area contributed by atoms with Crippen LogP contribution in [0.5, 0.6) is 0 Å². The van der Waals surface area contributed by atoms with Gasteiger partial charge in [0.05, 0.1) is 25.8 Å². The first-order chi connectivity index (χ1) is 10.8. The fourth-order valence-electron chi connectivity index (χ4n) is 3.27. The molecule has 1 atom stereocenters. The summed E-state index contributed by atoms with van der Waals surface area (Å²) < 4.78 is 10.7. The Morgan fingerprint density at radius 1 is 1.18 bits per heavy atom. The minimum atomic E-state index is 0.126. The van der Waals surface area contributed by atoms with E-state index in [2.05, 4.69) is 15.0 Å². The van der Waals surface area contributed by atoms with E-state index >= 15 is 0 Å². The number of carbonyl (C=O) groups is 1. The summed E-state index contributed by atoms with van der Waals surface area (Å²) in [5.74, 6) is 2.20. The highest BCUT2D eigenvalue weighted by Crippen LogP contribution is 2.40. The van der Waals surface area contributed by atoms with E-state index in [9.17, 15) is 4.79 Å². The number of ether oxygens (including phenoxy) is 1. The van der Waals surface area contributed by atoms with Crippen molar-refractivity contribution in [2.45, 2.75) is 37.6 Å². The molecule has 1 aromatic heterocycles. The summed E-state index contributed by atoms with van der Waals surface area (Å²) in [4.78, 5) is 21.1. The van der Waals surface area contributed by atoms with E-state index in [1.54, 1.807) is 0 Å². The smallest absolute Gasteiger partial charge is 0.236 e. The van der Waals surface area contributed by atoms with Gasteiger partial charge in [-0.3, -0.25) is 9.69 Å². The molecule has 0 spiro atoms. The van der Waals surface area contributed by atoms with E-state index < -0.39 is 0 Å². The third kappa shape index (κ3) is 2.87. The molecule has 7 heteroatoms. The van der Waals surface area contributed by atoms with Crippen molar-refractivity contribution in [3.63, 3.8) is 0 Å². The van der Waals surface area contributed by atoms with Gasteiger partial charge in [-0.1, -0.05) is 5.16 Å². The molecule has 1 aromatic rings. The van der Waals surface area contributed by atoms with Crippen LogP contribution in [-0.4, -0.2) is 65.2 Å². The van der Waals surface area contributed by atoms with Gasteiger partial charge in [0, 0.05) is 19.0 Å². The number of hydrogen-bond donors (Lipinski definition) is 0. The highest BCUT2D eigenvalue weighted by molar-refractivity contribution is 5.78. The molecule has 3 aliphatic rings. The predicted octanol–water partition coefficient (Wildman–Crippen LogP) is 0.943. The number of hydrogen-bond acceptors (Lipinski definition) is 6. The lowest BCUT2D eigenvalue weighted by atomic mass is 10.2. The van der Waals surface area contributed by atoms with Gasteiger partial charge >= 0.3 is 0 Å². The molecule has 0 unspecified atom stereocenters. The molecule has 0 N–H and O–H groups in total. The van der Waals surface area contributed by atoms with E-state index in [0.717, 1.165) is 43.9 Å². The van der Waals surface area contributed by atoms with Crippen LogP contribution < -0.4 is 0 Å². The van der Waals surface area contributed by atoms with Crippen molar-refractivity contribution < 1.29 is 14.1 Å². The number of amides is 1. The quantitative estimate of drug-likeness (QED) is 0.824. The third-order valence-electron chi connectivity index (χ3n) is 4.75. The van der Waals surface area contributed by atoms with Crippen LogP contribution in [0.15, 0.2) is 4.52 Å². The van der Waals surface area contributed by atoms with Crippen LogP contribution in [0, 0.1) is 0 Å². The highest BCUT2D eigenvalue weighted by atomic mass is 16.5. The number of likely N-dealkylation sites (tertiary alicyclic amines) is 1.